The van der Waals surface area contributed by atoms with E-state index >= 15 is 0 Å². The number of thiophene rings is 1. The van der Waals surface area contributed by atoms with Gasteiger partial charge in [-0.2, -0.15) is 10.2 Å². The average molecular weight is 336 g/mol. The molecular weight excluding hydrogens is 318 g/mol. The number of nitrogens with zero attached hydrogens (tertiary/aromatic N) is 2. The Labute approximate surface area is 138 Å². The average Bonchev–Trinajstić information content (AvgIpc) is 2.90. The Balaban J connectivity index is 1.73. The molecule has 0 saturated carbocycles. The van der Waals surface area contributed by atoms with E-state index in [4.69, 9.17) is 16.3 Å². The zero-order valence-electron chi connectivity index (χ0n) is 12.4. The summed E-state index contributed by atoms with van der Waals surface area (Å²) in [6.45, 7) is 2.99. The van der Waals surface area contributed by atoms with Gasteiger partial charge in [0.2, 0.25) is 0 Å². The van der Waals surface area contributed by atoms with Crippen LogP contribution in [0.2, 0.25) is 4.34 Å². The summed E-state index contributed by atoms with van der Waals surface area (Å²) in [5, 5.41) is 11.6. The van der Waals surface area contributed by atoms with E-state index in [1.807, 2.05) is 12.3 Å². The van der Waals surface area contributed by atoms with Gasteiger partial charge in [-0.15, -0.1) is 11.3 Å². The summed E-state index contributed by atoms with van der Waals surface area (Å²) in [5.74, 6) is 0. The fraction of sp³-hybridized carbons (Fsp3) is 0.500. The van der Waals surface area contributed by atoms with E-state index in [0.29, 0.717) is 6.04 Å². The lowest BCUT2D eigenvalue weighted by Gasteiger charge is -2.46. The smallest absolute Gasteiger partial charge is 0.106 e. The molecule has 1 N–H and O–H groups in total. The first-order valence-electron chi connectivity index (χ1n) is 7.61. The first-order valence-corrected chi connectivity index (χ1v) is 8.81. The standard InChI is InChI=1S/C16H18ClN3OS/c1-10-7-16(8-13(20-10)12-2-4-18-19-9-12)15-11(3-5-21-16)6-14(17)22-15/h2,4,6,9-10,13,20H,3,5,7-8H2,1H3/t10-,13-,16-/m0/s1. The maximum atomic E-state index is 6.34. The van der Waals surface area contributed by atoms with Gasteiger partial charge in [0.15, 0.2) is 0 Å². The molecular formula is C16H18ClN3OS. The van der Waals surface area contributed by atoms with Gasteiger partial charge in [-0.1, -0.05) is 11.6 Å². The zero-order chi connectivity index (χ0) is 15.2. The number of aromatic nitrogens is 2. The molecule has 2 aliphatic heterocycles. The molecule has 0 unspecified atom stereocenters. The van der Waals surface area contributed by atoms with Crippen LogP contribution in [0.25, 0.3) is 0 Å². The van der Waals surface area contributed by atoms with Crippen molar-refractivity contribution in [2.24, 2.45) is 0 Å². The molecule has 0 amide bonds. The molecule has 4 nitrogen and oxygen atoms in total. The van der Waals surface area contributed by atoms with Gasteiger partial charge in [0.05, 0.1) is 17.1 Å². The van der Waals surface area contributed by atoms with Crippen LogP contribution < -0.4 is 5.32 Å². The second-order valence-electron chi connectivity index (χ2n) is 6.20. The number of rotatable bonds is 1. The highest BCUT2D eigenvalue weighted by Gasteiger charge is 2.46. The van der Waals surface area contributed by atoms with Crippen molar-refractivity contribution in [2.45, 2.75) is 43.9 Å². The first-order chi connectivity index (χ1) is 10.7. The fourth-order valence-corrected chi connectivity index (χ4v) is 5.24. The Bertz CT molecular complexity index is 677. The van der Waals surface area contributed by atoms with Gasteiger partial charge in [-0.3, -0.25) is 0 Å². The van der Waals surface area contributed by atoms with Crippen LogP contribution in [0.5, 0.6) is 0 Å². The number of hydrogen-bond donors (Lipinski definition) is 1. The van der Waals surface area contributed by atoms with E-state index < -0.39 is 0 Å². The summed E-state index contributed by atoms with van der Waals surface area (Å²) >= 11 is 7.95. The molecule has 0 bridgehead atoms. The molecule has 3 atom stereocenters. The van der Waals surface area contributed by atoms with Crippen molar-refractivity contribution >= 4 is 22.9 Å². The highest BCUT2D eigenvalue weighted by atomic mass is 35.5. The highest BCUT2D eigenvalue weighted by molar-refractivity contribution is 7.16. The minimum Gasteiger partial charge on any atom is -0.369 e. The minimum absolute atomic E-state index is 0.218. The lowest BCUT2D eigenvalue weighted by Crippen LogP contribution is -2.49. The molecule has 0 radical (unpaired) electrons. The lowest BCUT2D eigenvalue weighted by atomic mass is 9.78. The minimum atomic E-state index is -0.218. The molecule has 22 heavy (non-hydrogen) atoms. The summed E-state index contributed by atoms with van der Waals surface area (Å²) in [4.78, 5) is 1.32. The van der Waals surface area contributed by atoms with Crippen molar-refractivity contribution in [3.63, 3.8) is 0 Å². The van der Waals surface area contributed by atoms with Crippen molar-refractivity contribution in [3.8, 4) is 0 Å². The van der Waals surface area contributed by atoms with E-state index in [9.17, 15) is 0 Å². The topological polar surface area (TPSA) is 47.0 Å². The summed E-state index contributed by atoms with van der Waals surface area (Å²) < 4.78 is 7.21. The predicted molar refractivity (Wildman–Crippen MR) is 87.3 cm³/mol. The Morgan fingerprint density at radius 1 is 1.41 bits per heavy atom. The van der Waals surface area contributed by atoms with Crippen LogP contribution >= 0.6 is 22.9 Å². The molecule has 2 aliphatic rings. The third kappa shape index (κ3) is 2.46. The number of fused-ring (bicyclic) bond motifs is 2. The van der Waals surface area contributed by atoms with Gasteiger partial charge in [0.1, 0.15) is 5.60 Å². The molecule has 1 fully saturated rings. The highest BCUT2D eigenvalue weighted by Crippen LogP contribution is 2.49. The van der Waals surface area contributed by atoms with Crippen LogP contribution in [0.15, 0.2) is 24.5 Å². The van der Waals surface area contributed by atoms with Gasteiger partial charge >= 0.3 is 0 Å². The van der Waals surface area contributed by atoms with Crippen molar-refractivity contribution < 1.29 is 4.74 Å². The van der Waals surface area contributed by atoms with E-state index in [-0.39, 0.29) is 11.6 Å². The fourth-order valence-electron chi connectivity index (χ4n) is 3.78. The van der Waals surface area contributed by atoms with Gasteiger partial charge < -0.3 is 10.1 Å². The molecule has 116 valence electrons. The van der Waals surface area contributed by atoms with Crippen LogP contribution in [-0.2, 0) is 16.8 Å². The zero-order valence-corrected chi connectivity index (χ0v) is 14.0. The Morgan fingerprint density at radius 2 is 2.32 bits per heavy atom. The SMILES string of the molecule is C[C@H]1C[C@@]2(C[C@@H](c3ccnnc3)N1)OCCc1cc(Cl)sc12. The Hall–Kier alpha value is -1.01. The molecule has 1 saturated heterocycles. The molecule has 6 heteroatoms. The third-order valence-electron chi connectivity index (χ3n) is 4.61. The molecule has 0 aliphatic carbocycles. The molecule has 2 aromatic heterocycles. The van der Waals surface area contributed by atoms with E-state index in [0.717, 1.165) is 30.2 Å². The number of hydrogen-bond acceptors (Lipinski definition) is 5. The molecule has 2 aromatic rings. The summed E-state index contributed by atoms with van der Waals surface area (Å²) in [5.41, 5.74) is 2.31. The monoisotopic (exact) mass is 335 g/mol. The molecule has 1 spiro atoms. The van der Waals surface area contributed by atoms with E-state index in [2.05, 4.69) is 28.5 Å². The van der Waals surface area contributed by atoms with E-state index in [1.165, 1.54) is 16.0 Å². The molecule has 0 aromatic carbocycles. The second-order valence-corrected chi connectivity index (χ2v) is 7.89. The number of ether oxygens (including phenoxy) is 1. The second kappa shape index (κ2) is 5.57. The number of halogens is 1. The number of piperidine rings is 1. The van der Waals surface area contributed by atoms with Crippen LogP contribution in [0.1, 0.15) is 41.8 Å². The maximum Gasteiger partial charge on any atom is 0.106 e. The first kappa shape index (κ1) is 14.6. The van der Waals surface area contributed by atoms with Crippen LogP contribution in [0.3, 0.4) is 0 Å². The normalized spacial score (nSPS) is 31.2. The van der Waals surface area contributed by atoms with Gasteiger partial charge in [0, 0.05) is 29.6 Å². The largest absolute Gasteiger partial charge is 0.369 e. The van der Waals surface area contributed by atoms with Gasteiger partial charge in [-0.25, -0.2) is 0 Å². The van der Waals surface area contributed by atoms with Gasteiger partial charge in [-0.05, 0) is 43.0 Å². The van der Waals surface area contributed by atoms with Gasteiger partial charge in [0.25, 0.3) is 0 Å². The Kier molecular flexibility index (Phi) is 3.69. The van der Waals surface area contributed by atoms with Crippen LogP contribution in [0, 0.1) is 0 Å². The summed E-state index contributed by atoms with van der Waals surface area (Å²) in [6, 6.07) is 4.74. The maximum absolute atomic E-state index is 6.34. The molecule has 4 rings (SSSR count). The van der Waals surface area contributed by atoms with Crippen LogP contribution in [-0.4, -0.2) is 22.8 Å². The van der Waals surface area contributed by atoms with Crippen molar-refractivity contribution in [2.75, 3.05) is 6.61 Å². The molecule has 4 heterocycles. The summed E-state index contributed by atoms with van der Waals surface area (Å²) in [7, 11) is 0. The van der Waals surface area contributed by atoms with Crippen LogP contribution in [0.4, 0.5) is 0 Å². The predicted octanol–water partition coefficient (Wildman–Crippen LogP) is 3.47. The van der Waals surface area contributed by atoms with Crippen molar-refractivity contribution in [1.29, 1.82) is 0 Å². The van der Waals surface area contributed by atoms with Crippen molar-refractivity contribution in [1.82, 2.24) is 15.5 Å². The quantitative estimate of drug-likeness (QED) is 0.866. The van der Waals surface area contributed by atoms with E-state index in [1.54, 1.807) is 17.5 Å². The summed E-state index contributed by atoms with van der Waals surface area (Å²) in [6.07, 6.45) is 6.44. The lowest BCUT2D eigenvalue weighted by molar-refractivity contribution is -0.0954. The Morgan fingerprint density at radius 3 is 3.14 bits per heavy atom. The number of nitrogens with one attached hydrogen (secondary N) is 1. The van der Waals surface area contributed by atoms with Crippen molar-refractivity contribution in [3.05, 3.63) is 44.9 Å². The third-order valence-corrected chi connectivity index (χ3v) is 6.10.